The highest BCUT2D eigenvalue weighted by molar-refractivity contribution is 5.71. The molecule has 0 heterocycles. The zero-order chi connectivity index (χ0) is 58.5. The Kier molecular flexibility index (Phi) is 65.7. The van der Waals surface area contributed by atoms with Gasteiger partial charge in [-0.25, -0.2) is 0 Å². The van der Waals surface area contributed by atoms with Gasteiger partial charge >= 0.3 is 17.9 Å². The van der Waals surface area contributed by atoms with Crippen molar-refractivity contribution < 1.29 is 28.6 Å². The van der Waals surface area contributed by atoms with Crippen LogP contribution in [0.25, 0.3) is 0 Å². The molecule has 466 valence electrons. The summed E-state index contributed by atoms with van der Waals surface area (Å²) >= 11 is 0. The van der Waals surface area contributed by atoms with Crippen molar-refractivity contribution in [1.29, 1.82) is 0 Å². The zero-order valence-electron chi connectivity index (χ0n) is 53.5. The van der Waals surface area contributed by atoms with Crippen molar-refractivity contribution in [3.05, 3.63) is 97.2 Å². The van der Waals surface area contributed by atoms with E-state index in [4.69, 9.17) is 14.2 Å². The van der Waals surface area contributed by atoms with Crippen LogP contribution in [0.2, 0.25) is 0 Å². The third-order valence-electron chi connectivity index (χ3n) is 15.1. The summed E-state index contributed by atoms with van der Waals surface area (Å²) in [6.07, 6.45) is 92.9. The van der Waals surface area contributed by atoms with E-state index < -0.39 is 6.10 Å². The number of carbonyl (C=O) groups is 3. The fourth-order valence-electron chi connectivity index (χ4n) is 9.89. The molecule has 0 N–H and O–H groups in total. The van der Waals surface area contributed by atoms with Crippen LogP contribution in [0.15, 0.2) is 97.2 Å². The van der Waals surface area contributed by atoms with E-state index in [-0.39, 0.29) is 37.5 Å². The van der Waals surface area contributed by atoms with Gasteiger partial charge in [0.15, 0.2) is 6.10 Å². The first kappa shape index (κ1) is 77.3. The molecule has 0 aliphatic heterocycles. The van der Waals surface area contributed by atoms with Crippen LogP contribution in [0.4, 0.5) is 0 Å². The summed E-state index contributed by atoms with van der Waals surface area (Å²) in [4.78, 5) is 38.4. The molecular formula is C75H130O6. The molecule has 0 fully saturated rings. The topological polar surface area (TPSA) is 78.9 Å². The monoisotopic (exact) mass is 1130 g/mol. The van der Waals surface area contributed by atoms with Crippen LogP contribution < -0.4 is 0 Å². The zero-order valence-corrected chi connectivity index (χ0v) is 53.5. The SMILES string of the molecule is CC/C=C\C/C=C\C/C=C\C/C=C\C/C=C\C/C=C\CCCCC(=O)OC(COC(=O)CCCCCCCCCCCCCCCCC)COC(=O)CCCCCCCCCCCCCCCCC/C=C\C/C=C\CCCCCCC. The molecule has 1 atom stereocenters. The van der Waals surface area contributed by atoms with Crippen LogP contribution in [0, 0.1) is 0 Å². The predicted molar refractivity (Wildman–Crippen MR) is 353 cm³/mol. The van der Waals surface area contributed by atoms with Gasteiger partial charge in [0.1, 0.15) is 13.2 Å². The molecule has 0 saturated carbocycles. The highest BCUT2D eigenvalue weighted by Gasteiger charge is 2.19. The standard InChI is InChI=1S/C75H130O6/c1-4-7-10-13-16-19-22-25-28-30-32-34-35-36-37-38-39-41-42-44-47-50-53-56-59-62-65-68-74(77)80-71-72(70-79-73(76)67-64-61-58-55-52-49-46-27-24-21-18-15-12-9-6-3)81-75(78)69-66-63-60-57-54-51-48-45-43-40-33-31-29-26-23-20-17-14-11-8-5-2/h8,11,17,20,22,25-26,29-30,32-33,40,45,48,54,57,72H,4-7,9-10,12-16,18-19,21,23-24,27-28,31,34-39,41-44,46-47,49-53,55-56,58-71H2,1-3H3/b11-8-,20-17-,25-22-,29-26-,32-30-,40-33-,48-45-,57-54-. The maximum absolute atomic E-state index is 12.9. The highest BCUT2D eigenvalue weighted by Crippen LogP contribution is 2.17. The predicted octanol–water partition coefficient (Wildman–Crippen LogP) is 24.0. The lowest BCUT2D eigenvalue weighted by atomic mass is 10.0. The molecule has 81 heavy (non-hydrogen) atoms. The summed E-state index contributed by atoms with van der Waals surface area (Å²) in [5.74, 6) is -0.919. The fraction of sp³-hybridized carbons (Fsp3) is 0.747. The van der Waals surface area contributed by atoms with Crippen LogP contribution >= 0.6 is 0 Å². The van der Waals surface area contributed by atoms with Crippen molar-refractivity contribution in [2.75, 3.05) is 13.2 Å². The molecule has 0 aromatic carbocycles. The lowest BCUT2D eigenvalue weighted by Gasteiger charge is -2.18. The lowest BCUT2D eigenvalue weighted by molar-refractivity contribution is -0.167. The third-order valence-corrected chi connectivity index (χ3v) is 15.1. The van der Waals surface area contributed by atoms with Crippen molar-refractivity contribution in [3.8, 4) is 0 Å². The Labute approximate surface area is 502 Å². The number of allylic oxidation sites excluding steroid dienone is 16. The molecule has 6 heteroatoms. The fourth-order valence-corrected chi connectivity index (χ4v) is 9.89. The molecule has 0 aromatic heterocycles. The van der Waals surface area contributed by atoms with Crippen LogP contribution in [-0.2, 0) is 28.6 Å². The summed E-state index contributed by atoms with van der Waals surface area (Å²) in [5, 5.41) is 0. The summed E-state index contributed by atoms with van der Waals surface area (Å²) in [6.45, 7) is 6.52. The van der Waals surface area contributed by atoms with E-state index in [2.05, 4.69) is 118 Å². The molecule has 0 spiro atoms. The number of rotatable bonds is 63. The molecular weight excluding hydrogens is 997 g/mol. The maximum atomic E-state index is 12.9. The first-order valence-corrected chi connectivity index (χ1v) is 34.7. The highest BCUT2D eigenvalue weighted by atomic mass is 16.6. The summed E-state index contributed by atoms with van der Waals surface area (Å²) in [7, 11) is 0. The molecule has 0 rings (SSSR count). The van der Waals surface area contributed by atoms with Gasteiger partial charge in [-0.3, -0.25) is 14.4 Å². The summed E-state index contributed by atoms with van der Waals surface area (Å²) in [5.41, 5.74) is 0. The third kappa shape index (κ3) is 67.0. The minimum atomic E-state index is -0.801. The Hall–Kier alpha value is -3.67. The van der Waals surface area contributed by atoms with Crippen molar-refractivity contribution >= 4 is 17.9 Å². The normalized spacial score (nSPS) is 12.7. The van der Waals surface area contributed by atoms with Gasteiger partial charge in [-0.05, 0) is 103 Å². The Morgan fingerprint density at radius 3 is 0.778 bits per heavy atom. The van der Waals surface area contributed by atoms with Gasteiger partial charge in [0.05, 0.1) is 0 Å². The molecule has 0 aliphatic carbocycles. The second-order valence-electron chi connectivity index (χ2n) is 23.1. The lowest BCUT2D eigenvalue weighted by Crippen LogP contribution is -2.30. The largest absolute Gasteiger partial charge is 0.462 e. The van der Waals surface area contributed by atoms with Gasteiger partial charge in [0, 0.05) is 19.3 Å². The Balaban J connectivity index is 4.36. The van der Waals surface area contributed by atoms with E-state index in [1.165, 1.54) is 199 Å². The molecule has 1 unspecified atom stereocenters. The van der Waals surface area contributed by atoms with Gasteiger partial charge < -0.3 is 14.2 Å². The van der Waals surface area contributed by atoms with E-state index in [1.807, 2.05) is 0 Å². The maximum Gasteiger partial charge on any atom is 0.306 e. The smallest absolute Gasteiger partial charge is 0.306 e. The van der Waals surface area contributed by atoms with E-state index in [9.17, 15) is 14.4 Å². The second kappa shape index (κ2) is 68.8. The van der Waals surface area contributed by atoms with E-state index in [0.29, 0.717) is 19.3 Å². The van der Waals surface area contributed by atoms with Gasteiger partial charge in [0.25, 0.3) is 0 Å². The van der Waals surface area contributed by atoms with Crippen LogP contribution in [0.1, 0.15) is 342 Å². The van der Waals surface area contributed by atoms with Crippen LogP contribution in [0.3, 0.4) is 0 Å². The van der Waals surface area contributed by atoms with Crippen LogP contribution in [0.5, 0.6) is 0 Å². The van der Waals surface area contributed by atoms with E-state index in [0.717, 1.165) is 96.3 Å². The quantitative estimate of drug-likeness (QED) is 0.0261. The first-order chi connectivity index (χ1) is 40.0. The number of unbranched alkanes of at least 4 members (excludes halogenated alkanes) is 36. The van der Waals surface area contributed by atoms with Crippen molar-refractivity contribution in [2.45, 2.75) is 348 Å². The van der Waals surface area contributed by atoms with Gasteiger partial charge in [0.2, 0.25) is 0 Å². The molecule has 0 aromatic rings. The molecule has 6 nitrogen and oxygen atoms in total. The second-order valence-corrected chi connectivity index (χ2v) is 23.1. The molecule has 0 amide bonds. The summed E-state index contributed by atoms with van der Waals surface area (Å²) < 4.78 is 16.9. The van der Waals surface area contributed by atoms with Gasteiger partial charge in [-0.1, -0.05) is 317 Å². The minimum Gasteiger partial charge on any atom is -0.462 e. The van der Waals surface area contributed by atoms with E-state index in [1.54, 1.807) is 0 Å². The number of hydrogen-bond acceptors (Lipinski definition) is 6. The van der Waals surface area contributed by atoms with Crippen LogP contribution in [-0.4, -0.2) is 37.2 Å². The average molecular weight is 1130 g/mol. The summed E-state index contributed by atoms with van der Waals surface area (Å²) in [6, 6.07) is 0. The molecule has 0 bridgehead atoms. The van der Waals surface area contributed by atoms with Crippen molar-refractivity contribution in [1.82, 2.24) is 0 Å². The molecule has 0 aliphatic rings. The number of esters is 3. The molecule has 0 saturated heterocycles. The molecule has 0 radical (unpaired) electrons. The Bertz CT molecular complexity index is 1580. The number of hydrogen-bond donors (Lipinski definition) is 0. The first-order valence-electron chi connectivity index (χ1n) is 34.7. The Morgan fingerprint density at radius 1 is 0.259 bits per heavy atom. The minimum absolute atomic E-state index is 0.0918. The average Bonchev–Trinajstić information content (AvgIpc) is 3.47. The number of carbonyl (C=O) groups excluding carboxylic acids is 3. The van der Waals surface area contributed by atoms with Gasteiger partial charge in [-0.15, -0.1) is 0 Å². The van der Waals surface area contributed by atoms with E-state index >= 15 is 0 Å². The van der Waals surface area contributed by atoms with Crippen molar-refractivity contribution in [3.63, 3.8) is 0 Å². The number of ether oxygens (including phenoxy) is 3. The Morgan fingerprint density at radius 2 is 0.481 bits per heavy atom. The van der Waals surface area contributed by atoms with Crippen molar-refractivity contribution in [2.24, 2.45) is 0 Å². The van der Waals surface area contributed by atoms with Gasteiger partial charge in [-0.2, -0.15) is 0 Å².